The number of amides is 1. The minimum atomic E-state index is -4.21. The van der Waals surface area contributed by atoms with Crippen molar-refractivity contribution in [1.29, 1.82) is 0 Å². The van der Waals surface area contributed by atoms with Crippen molar-refractivity contribution in [3.05, 3.63) is 0 Å². The van der Waals surface area contributed by atoms with Gasteiger partial charge in [0.25, 0.3) is 0 Å². The zero-order chi connectivity index (χ0) is 12.2. The van der Waals surface area contributed by atoms with Crippen LogP contribution in [0.3, 0.4) is 0 Å². The summed E-state index contributed by atoms with van der Waals surface area (Å²) < 4.78 is 35.9. The van der Waals surface area contributed by atoms with Crippen molar-refractivity contribution >= 4 is 6.09 Å². The predicted octanol–water partition coefficient (Wildman–Crippen LogP) is 1.67. The molecule has 7 heteroatoms. The smallest absolute Gasteiger partial charge is 0.407 e. The highest BCUT2D eigenvalue weighted by Crippen LogP contribution is 2.16. The lowest BCUT2D eigenvalue weighted by Crippen LogP contribution is -2.38. The second-order valence-electron chi connectivity index (χ2n) is 3.89. The minimum absolute atomic E-state index is 0.244. The first-order valence-electron chi connectivity index (χ1n) is 5.16. The molecule has 0 saturated carbocycles. The molecule has 1 heterocycles. The van der Waals surface area contributed by atoms with Crippen LogP contribution < -0.4 is 5.32 Å². The number of nitrogens with one attached hydrogen (secondary N) is 1. The summed E-state index contributed by atoms with van der Waals surface area (Å²) in [4.78, 5) is 11.9. The van der Waals surface area contributed by atoms with E-state index >= 15 is 0 Å². The van der Waals surface area contributed by atoms with Gasteiger partial charge >= 0.3 is 12.3 Å². The van der Waals surface area contributed by atoms with Crippen LogP contribution in [0.1, 0.15) is 19.3 Å². The van der Waals surface area contributed by atoms with Crippen molar-refractivity contribution in [3.63, 3.8) is 0 Å². The summed E-state index contributed by atoms with van der Waals surface area (Å²) in [5.74, 6) is 0. The lowest BCUT2D eigenvalue weighted by atomic mass is 10.1. The Morgan fingerprint density at radius 3 is 2.62 bits per heavy atom. The third kappa shape index (κ3) is 4.69. The Labute approximate surface area is 91.4 Å². The van der Waals surface area contributed by atoms with E-state index < -0.39 is 18.8 Å². The normalized spacial score (nSPS) is 22.9. The summed E-state index contributed by atoms with van der Waals surface area (Å²) in [6.07, 6.45) is -3.60. The largest absolute Gasteiger partial charge is 0.465 e. The van der Waals surface area contributed by atoms with E-state index in [1.807, 2.05) is 0 Å². The Bertz CT molecular complexity index is 245. The van der Waals surface area contributed by atoms with E-state index in [9.17, 15) is 18.0 Å². The molecule has 0 spiro atoms. The number of hydrogen-bond donors (Lipinski definition) is 2. The molecule has 0 bridgehead atoms. The second-order valence-corrected chi connectivity index (χ2v) is 3.89. The molecule has 1 aliphatic heterocycles. The average molecular weight is 240 g/mol. The van der Waals surface area contributed by atoms with E-state index in [1.54, 1.807) is 0 Å². The topological polar surface area (TPSA) is 52.6 Å². The number of carbonyl (C=O) groups is 1. The van der Waals surface area contributed by atoms with Gasteiger partial charge in [-0.2, -0.15) is 13.2 Å². The predicted molar refractivity (Wildman–Crippen MR) is 51.3 cm³/mol. The summed E-state index contributed by atoms with van der Waals surface area (Å²) in [5, 5.41) is 11.2. The lowest BCUT2D eigenvalue weighted by Gasteiger charge is -2.18. The summed E-state index contributed by atoms with van der Waals surface area (Å²) in [6.45, 7) is -0.310. The van der Waals surface area contributed by atoms with Crippen molar-refractivity contribution in [1.82, 2.24) is 10.2 Å². The van der Waals surface area contributed by atoms with Gasteiger partial charge in [0.2, 0.25) is 0 Å². The number of hydrogen-bond acceptors (Lipinski definition) is 2. The second kappa shape index (κ2) is 5.38. The SMILES string of the molecule is O=C(O)N1CCCC(NCC(F)(F)F)CC1. The highest BCUT2D eigenvalue weighted by atomic mass is 19.4. The number of carboxylic acid groups (broad SMARTS) is 1. The molecule has 1 rings (SSSR count). The molecule has 0 aromatic rings. The number of nitrogens with zero attached hydrogens (tertiary/aromatic N) is 1. The molecule has 1 aliphatic rings. The van der Waals surface area contributed by atoms with E-state index in [2.05, 4.69) is 5.32 Å². The molecule has 0 aromatic heterocycles. The van der Waals surface area contributed by atoms with Crippen molar-refractivity contribution < 1.29 is 23.1 Å². The van der Waals surface area contributed by atoms with E-state index in [0.29, 0.717) is 32.4 Å². The van der Waals surface area contributed by atoms with Crippen LogP contribution in [0.25, 0.3) is 0 Å². The molecule has 0 radical (unpaired) electrons. The van der Waals surface area contributed by atoms with Crippen LogP contribution in [0.2, 0.25) is 0 Å². The van der Waals surface area contributed by atoms with Crippen LogP contribution in [0.5, 0.6) is 0 Å². The van der Waals surface area contributed by atoms with Gasteiger partial charge < -0.3 is 15.3 Å². The first kappa shape index (κ1) is 13.1. The molecule has 0 aliphatic carbocycles. The zero-order valence-corrected chi connectivity index (χ0v) is 8.76. The highest BCUT2D eigenvalue weighted by Gasteiger charge is 2.29. The van der Waals surface area contributed by atoms with Gasteiger partial charge in [0.05, 0.1) is 6.54 Å². The molecule has 94 valence electrons. The Balaban J connectivity index is 2.33. The van der Waals surface area contributed by atoms with E-state index in [-0.39, 0.29) is 6.04 Å². The molecule has 4 nitrogen and oxygen atoms in total. The van der Waals surface area contributed by atoms with Gasteiger partial charge in [-0.25, -0.2) is 4.79 Å². The number of rotatable bonds is 2. The number of halogens is 3. The van der Waals surface area contributed by atoms with Crippen LogP contribution in [-0.4, -0.2) is 48.0 Å². The average Bonchev–Trinajstić information content (AvgIpc) is 2.38. The number of likely N-dealkylation sites (tertiary alicyclic amines) is 1. The quantitative estimate of drug-likeness (QED) is 0.772. The summed E-state index contributed by atoms with van der Waals surface area (Å²) in [6, 6.07) is -0.244. The van der Waals surface area contributed by atoms with Crippen LogP contribution in [0, 0.1) is 0 Å². The minimum Gasteiger partial charge on any atom is -0.465 e. The standard InChI is InChI=1S/C9H15F3N2O2/c10-9(11,12)6-13-7-2-1-4-14(5-3-7)8(15)16/h7,13H,1-6H2,(H,15,16). The Morgan fingerprint density at radius 1 is 1.38 bits per heavy atom. The fourth-order valence-corrected chi connectivity index (χ4v) is 1.75. The lowest BCUT2D eigenvalue weighted by molar-refractivity contribution is -0.126. The van der Waals surface area contributed by atoms with Crippen LogP contribution in [-0.2, 0) is 0 Å². The summed E-state index contributed by atoms with van der Waals surface area (Å²) >= 11 is 0. The molecule has 16 heavy (non-hydrogen) atoms. The molecular formula is C9H15F3N2O2. The maximum absolute atomic E-state index is 12.0. The van der Waals surface area contributed by atoms with Crippen LogP contribution in [0.4, 0.5) is 18.0 Å². The Hall–Kier alpha value is -0.980. The van der Waals surface area contributed by atoms with Crippen molar-refractivity contribution in [3.8, 4) is 0 Å². The monoisotopic (exact) mass is 240 g/mol. The van der Waals surface area contributed by atoms with E-state index in [4.69, 9.17) is 5.11 Å². The highest BCUT2D eigenvalue weighted by molar-refractivity contribution is 5.64. The van der Waals surface area contributed by atoms with Crippen LogP contribution >= 0.6 is 0 Å². The molecule has 1 fully saturated rings. The first-order chi connectivity index (χ1) is 7.38. The van der Waals surface area contributed by atoms with Gasteiger partial charge in [-0.3, -0.25) is 0 Å². The molecule has 1 amide bonds. The van der Waals surface area contributed by atoms with Gasteiger partial charge in [-0.05, 0) is 19.3 Å². The van der Waals surface area contributed by atoms with E-state index in [1.165, 1.54) is 4.90 Å². The zero-order valence-electron chi connectivity index (χ0n) is 8.76. The summed E-state index contributed by atoms with van der Waals surface area (Å²) in [7, 11) is 0. The van der Waals surface area contributed by atoms with Gasteiger partial charge in [0, 0.05) is 19.1 Å². The maximum atomic E-state index is 12.0. The molecule has 0 aromatic carbocycles. The molecule has 1 unspecified atom stereocenters. The van der Waals surface area contributed by atoms with Crippen molar-refractivity contribution in [2.24, 2.45) is 0 Å². The van der Waals surface area contributed by atoms with Crippen molar-refractivity contribution in [2.45, 2.75) is 31.5 Å². The Kier molecular flexibility index (Phi) is 4.40. The molecule has 1 saturated heterocycles. The van der Waals surface area contributed by atoms with E-state index in [0.717, 1.165) is 0 Å². The van der Waals surface area contributed by atoms with Gasteiger partial charge in [-0.15, -0.1) is 0 Å². The fourth-order valence-electron chi connectivity index (χ4n) is 1.75. The van der Waals surface area contributed by atoms with Gasteiger partial charge in [0.1, 0.15) is 0 Å². The van der Waals surface area contributed by atoms with Gasteiger partial charge in [-0.1, -0.05) is 0 Å². The third-order valence-corrected chi connectivity index (χ3v) is 2.59. The molecule has 1 atom stereocenters. The molecular weight excluding hydrogens is 225 g/mol. The van der Waals surface area contributed by atoms with Crippen molar-refractivity contribution in [2.75, 3.05) is 19.6 Å². The fraction of sp³-hybridized carbons (Fsp3) is 0.889. The first-order valence-corrected chi connectivity index (χ1v) is 5.16. The third-order valence-electron chi connectivity index (χ3n) is 2.59. The Morgan fingerprint density at radius 2 is 2.06 bits per heavy atom. The molecule has 2 N–H and O–H groups in total. The maximum Gasteiger partial charge on any atom is 0.407 e. The summed E-state index contributed by atoms with van der Waals surface area (Å²) in [5.41, 5.74) is 0. The van der Waals surface area contributed by atoms with Crippen LogP contribution in [0.15, 0.2) is 0 Å². The van der Waals surface area contributed by atoms with Gasteiger partial charge in [0.15, 0.2) is 0 Å². The number of alkyl halides is 3.